The van der Waals surface area contributed by atoms with Gasteiger partial charge in [0, 0.05) is 16.7 Å². The second kappa shape index (κ2) is 5.95. The Labute approximate surface area is 167 Å². The number of aromatic nitrogens is 2. The number of ketones is 1. The number of hydrogen-bond acceptors (Lipinski definition) is 4. The van der Waals surface area contributed by atoms with Crippen molar-refractivity contribution in [2.75, 3.05) is 5.32 Å². The molecule has 0 radical (unpaired) electrons. The molecule has 8 heteroatoms. The number of carbonyl (C=O) groups excluding carboxylic acids is 1. The molecule has 28 heavy (non-hydrogen) atoms. The van der Waals surface area contributed by atoms with Crippen LogP contribution in [0.4, 0.5) is 5.82 Å². The van der Waals surface area contributed by atoms with Crippen molar-refractivity contribution in [3.05, 3.63) is 101 Å². The minimum Gasteiger partial charge on any atom is -0.340 e. The molecule has 3 aromatic rings. The lowest BCUT2D eigenvalue weighted by Crippen LogP contribution is -2.33. The molecule has 2 aliphatic rings. The molecule has 0 amide bonds. The topological polar surface area (TPSA) is 94.8 Å². The second-order valence-corrected chi connectivity index (χ2v) is 7.35. The number of anilines is 1. The van der Waals surface area contributed by atoms with Crippen LogP contribution in [0.15, 0.2) is 57.6 Å². The fourth-order valence-electron chi connectivity index (χ4n) is 3.91. The zero-order valence-corrected chi connectivity index (χ0v) is 15.6. The van der Waals surface area contributed by atoms with Gasteiger partial charge >= 0.3 is 5.69 Å². The van der Waals surface area contributed by atoms with Crippen LogP contribution < -0.4 is 16.6 Å². The Hall–Kier alpha value is -3.09. The van der Waals surface area contributed by atoms with Gasteiger partial charge in [0.15, 0.2) is 5.78 Å². The summed E-state index contributed by atoms with van der Waals surface area (Å²) in [6, 6.07) is 12.2. The fraction of sp³-hybridized carbons (Fsp3) is 0.0500. The number of nitrogens with one attached hydrogen (secondary N) is 3. The molecule has 1 aromatic heterocycles. The normalized spacial score (nSPS) is 17.1. The predicted octanol–water partition coefficient (Wildman–Crippen LogP) is 3.54. The van der Waals surface area contributed by atoms with Crippen LogP contribution in [0.3, 0.4) is 0 Å². The first-order valence-electron chi connectivity index (χ1n) is 8.43. The first kappa shape index (κ1) is 17.0. The van der Waals surface area contributed by atoms with Gasteiger partial charge in [-0.15, -0.1) is 0 Å². The summed E-state index contributed by atoms with van der Waals surface area (Å²) in [4.78, 5) is 42.6. The summed E-state index contributed by atoms with van der Waals surface area (Å²) >= 11 is 12.7. The zero-order chi connectivity index (χ0) is 19.6. The lowest BCUT2D eigenvalue weighted by atomic mass is 9.81. The van der Waals surface area contributed by atoms with Crippen molar-refractivity contribution >= 4 is 40.5 Å². The molecule has 0 spiro atoms. The Bertz CT molecular complexity index is 1340. The number of allylic oxidation sites excluding steroid dienone is 1. The summed E-state index contributed by atoms with van der Waals surface area (Å²) in [5.74, 6) is -0.744. The Morgan fingerprint density at radius 2 is 1.61 bits per heavy atom. The number of benzene rings is 2. The van der Waals surface area contributed by atoms with E-state index in [1.165, 1.54) is 0 Å². The summed E-state index contributed by atoms with van der Waals surface area (Å²) in [6.45, 7) is 0. The van der Waals surface area contributed by atoms with E-state index in [4.69, 9.17) is 23.2 Å². The highest BCUT2D eigenvalue weighted by molar-refractivity contribution is 6.42. The van der Waals surface area contributed by atoms with E-state index in [1.807, 2.05) is 12.1 Å². The fourth-order valence-corrected chi connectivity index (χ4v) is 4.32. The first-order valence-corrected chi connectivity index (χ1v) is 9.18. The molecule has 0 bridgehead atoms. The number of H-pyrrole nitrogens is 2. The van der Waals surface area contributed by atoms with Gasteiger partial charge in [-0.05, 0) is 11.6 Å². The molecule has 138 valence electrons. The Morgan fingerprint density at radius 1 is 0.857 bits per heavy atom. The highest BCUT2D eigenvalue weighted by Crippen LogP contribution is 2.49. The van der Waals surface area contributed by atoms with Crippen molar-refractivity contribution < 1.29 is 4.79 Å². The van der Waals surface area contributed by atoms with Crippen LogP contribution in [-0.4, -0.2) is 15.8 Å². The van der Waals surface area contributed by atoms with Gasteiger partial charge in [0.1, 0.15) is 5.82 Å². The van der Waals surface area contributed by atoms with Crippen LogP contribution in [0.25, 0.3) is 5.70 Å². The molecule has 0 fully saturated rings. The average Bonchev–Trinajstić information content (AvgIpc) is 2.95. The molecule has 0 saturated heterocycles. The summed E-state index contributed by atoms with van der Waals surface area (Å²) in [5, 5.41) is 3.63. The molecule has 2 aromatic carbocycles. The summed E-state index contributed by atoms with van der Waals surface area (Å²) in [7, 11) is 0. The predicted molar refractivity (Wildman–Crippen MR) is 107 cm³/mol. The third-order valence-electron chi connectivity index (χ3n) is 5.05. The third kappa shape index (κ3) is 2.25. The average molecular weight is 412 g/mol. The molecule has 6 nitrogen and oxygen atoms in total. The Balaban J connectivity index is 1.88. The number of aromatic amines is 2. The number of hydrogen-bond donors (Lipinski definition) is 3. The van der Waals surface area contributed by atoms with Crippen molar-refractivity contribution in [2.45, 2.75) is 5.92 Å². The lowest BCUT2D eigenvalue weighted by Gasteiger charge is -2.28. The van der Waals surface area contributed by atoms with Gasteiger partial charge in [0.05, 0.1) is 27.2 Å². The summed E-state index contributed by atoms with van der Waals surface area (Å²) in [6.07, 6.45) is 0. The van der Waals surface area contributed by atoms with E-state index in [-0.39, 0.29) is 22.2 Å². The number of rotatable bonds is 1. The Kier molecular flexibility index (Phi) is 3.62. The van der Waals surface area contributed by atoms with Crippen LogP contribution in [0.5, 0.6) is 0 Å². The van der Waals surface area contributed by atoms with Crippen molar-refractivity contribution in [2.24, 2.45) is 0 Å². The maximum Gasteiger partial charge on any atom is 0.327 e. The van der Waals surface area contributed by atoms with Gasteiger partial charge in [0.2, 0.25) is 0 Å². The van der Waals surface area contributed by atoms with E-state index in [9.17, 15) is 14.4 Å². The molecule has 1 atom stereocenters. The minimum atomic E-state index is -0.780. The maximum atomic E-state index is 13.2. The van der Waals surface area contributed by atoms with E-state index < -0.39 is 17.2 Å². The zero-order valence-electron chi connectivity index (χ0n) is 14.1. The Morgan fingerprint density at radius 3 is 2.39 bits per heavy atom. The van der Waals surface area contributed by atoms with Crippen LogP contribution in [0.1, 0.15) is 33.0 Å². The van der Waals surface area contributed by atoms with Crippen molar-refractivity contribution in [3.8, 4) is 0 Å². The highest BCUT2D eigenvalue weighted by atomic mass is 35.5. The first-order chi connectivity index (χ1) is 13.5. The van der Waals surface area contributed by atoms with Crippen molar-refractivity contribution in [1.29, 1.82) is 0 Å². The monoisotopic (exact) mass is 411 g/mol. The van der Waals surface area contributed by atoms with Gasteiger partial charge in [0.25, 0.3) is 5.56 Å². The number of fused-ring (bicyclic) bond motifs is 3. The maximum absolute atomic E-state index is 13.2. The number of halogens is 2. The molecule has 2 heterocycles. The van der Waals surface area contributed by atoms with E-state index in [2.05, 4.69) is 15.3 Å². The summed E-state index contributed by atoms with van der Waals surface area (Å²) in [5.41, 5.74) is 1.67. The van der Waals surface area contributed by atoms with Gasteiger partial charge in [-0.2, -0.15) is 0 Å². The van der Waals surface area contributed by atoms with Crippen LogP contribution >= 0.6 is 23.2 Å². The van der Waals surface area contributed by atoms with E-state index in [1.54, 1.807) is 30.3 Å². The van der Waals surface area contributed by atoms with E-state index >= 15 is 0 Å². The SMILES string of the molecule is O=C1C2=C(Nc3[nH]c(=O)[nH]c(=O)c3[C@H]2c2cccc(Cl)c2Cl)c2ccccc21. The van der Waals surface area contributed by atoms with Crippen LogP contribution in [-0.2, 0) is 0 Å². The van der Waals surface area contributed by atoms with Crippen LogP contribution in [0, 0.1) is 0 Å². The van der Waals surface area contributed by atoms with E-state index in [0.717, 1.165) is 0 Å². The van der Waals surface area contributed by atoms with Crippen molar-refractivity contribution in [3.63, 3.8) is 0 Å². The quantitative estimate of drug-likeness (QED) is 0.570. The molecule has 1 aliphatic heterocycles. The molecule has 0 saturated carbocycles. The highest BCUT2D eigenvalue weighted by Gasteiger charge is 2.42. The standard InChI is InChI=1S/C20H11Cl2N3O3/c21-11-7-3-6-10(15(11)22)12-13-16(8-4-1-2-5-9(8)17(13)26)23-18-14(12)19(27)25-20(28)24-18/h1-7,12H,(H3,23,24,25,27,28)/t12-/m0/s1. The molecular formula is C20H11Cl2N3O3. The lowest BCUT2D eigenvalue weighted by molar-refractivity contribution is 0.103. The molecule has 3 N–H and O–H groups in total. The molecule has 5 rings (SSSR count). The van der Waals surface area contributed by atoms with E-state index in [0.29, 0.717) is 33.0 Å². The van der Waals surface area contributed by atoms with Gasteiger partial charge in [-0.3, -0.25) is 19.6 Å². The third-order valence-corrected chi connectivity index (χ3v) is 5.89. The van der Waals surface area contributed by atoms with Crippen molar-refractivity contribution in [1.82, 2.24) is 9.97 Å². The number of carbonyl (C=O) groups is 1. The smallest absolute Gasteiger partial charge is 0.327 e. The molecule has 1 aliphatic carbocycles. The van der Waals surface area contributed by atoms with Crippen LogP contribution in [0.2, 0.25) is 10.0 Å². The number of Topliss-reactive ketones (excluding diaryl/α,β-unsaturated/α-hetero) is 1. The van der Waals surface area contributed by atoms with Gasteiger partial charge in [-0.1, -0.05) is 59.6 Å². The minimum absolute atomic E-state index is 0.199. The van der Waals surface area contributed by atoms with Gasteiger partial charge < -0.3 is 5.32 Å². The molecular weight excluding hydrogens is 401 g/mol. The molecule has 0 unspecified atom stereocenters. The second-order valence-electron chi connectivity index (χ2n) is 6.56. The largest absolute Gasteiger partial charge is 0.340 e. The summed E-state index contributed by atoms with van der Waals surface area (Å²) < 4.78 is 0. The van der Waals surface area contributed by atoms with Gasteiger partial charge in [-0.25, -0.2) is 4.79 Å².